The van der Waals surface area contributed by atoms with Crippen LogP contribution < -0.4 is 5.32 Å². The van der Waals surface area contributed by atoms with E-state index in [4.69, 9.17) is 4.98 Å². The number of fused-ring (bicyclic) bond motifs is 2. The van der Waals surface area contributed by atoms with Crippen LogP contribution >= 0.6 is 0 Å². The number of halogens is 1. The van der Waals surface area contributed by atoms with Gasteiger partial charge in [0.25, 0.3) is 0 Å². The molecule has 0 saturated heterocycles. The van der Waals surface area contributed by atoms with Gasteiger partial charge in [0.2, 0.25) is 5.91 Å². The predicted octanol–water partition coefficient (Wildman–Crippen LogP) is 5.28. The van der Waals surface area contributed by atoms with Gasteiger partial charge in [0.1, 0.15) is 17.0 Å². The molecule has 0 bridgehead atoms. The fourth-order valence-corrected chi connectivity index (χ4v) is 4.25. The highest BCUT2D eigenvalue weighted by Crippen LogP contribution is 2.32. The van der Waals surface area contributed by atoms with Crippen molar-refractivity contribution in [3.63, 3.8) is 0 Å². The molecule has 0 saturated carbocycles. The molecule has 3 N–H and O–H groups in total. The number of hydrogen-bond donors (Lipinski definition) is 3. The van der Waals surface area contributed by atoms with E-state index in [1.807, 2.05) is 32.0 Å². The number of amides is 1. The third kappa shape index (κ3) is 4.36. The number of aromatic amines is 2. The van der Waals surface area contributed by atoms with Crippen molar-refractivity contribution >= 4 is 33.7 Å². The first kappa shape index (κ1) is 23.4. The lowest BCUT2D eigenvalue weighted by atomic mass is 10.1. The normalized spacial score (nSPS) is 11.5. The lowest BCUT2D eigenvalue weighted by molar-refractivity contribution is -0.118. The molecule has 6 rings (SSSR count). The van der Waals surface area contributed by atoms with Crippen LogP contribution in [0.2, 0.25) is 0 Å². The Morgan fingerprint density at radius 2 is 1.89 bits per heavy atom. The molecule has 0 aliphatic rings. The van der Waals surface area contributed by atoms with E-state index < -0.39 is 0 Å². The molecule has 1 amide bonds. The van der Waals surface area contributed by atoms with Crippen LogP contribution in [0.1, 0.15) is 25.1 Å². The fraction of sp³-hybridized carbons (Fsp3) is 0.143. The minimum atomic E-state index is -0.337. The summed E-state index contributed by atoms with van der Waals surface area (Å²) in [6.07, 6.45) is 7.25. The van der Waals surface area contributed by atoms with Gasteiger partial charge in [0, 0.05) is 41.6 Å². The number of nitrogens with zero attached hydrogens (tertiary/aromatic N) is 5. The molecule has 0 fully saturated rings. The highest BCUT2D eigenvalue weighted by molar-refractivity contribution is 5.96. The van der Waals surface area contributed by atoms with Crippen LogP contribution in [-0.4, -0.2) is 41.0 Å². The predicted molar refractivity (Wildman–Crippen MR) is 143 cm³/mol. The molecule has 9 nitrogen and oxygen atoms in total. The van der Waals surface area contributed by atoms with E-state index in [9.17, 15) is 9.18 Å². The van der Waals surface area contributed by atoms with Gasteiger partial charge in [-0.05, 0) is 29.8 Å². The largest absolute Gasteiger partial charge is 0.335 e. The van der Waals surface area contributed by atoms with Crippen LogP contribution in [0.4, 0.5) is 10.1 Å². The summed E-state index contributed by atoms with van der Waals surface area (Å²) in [5, 5.41) is 11.0. The monoisotopic (exact) mass is 506 g/mol. The third-order valence-corrected chi connectivity index (χ3v) is 6.26. The Hall–Kier alpha value is -4.99. The first-order chi connectivity index (χ1) is 18.5. The number of carbonyl (C=O) groups excluding carboxylic acids is 1. The summed E-state index contributed by atoms with van der Waals surface area (Å²) < 4.78 is 14.5. The Bertz CT molecular complexity index is 1790. The van der Waals surface area contributed by atoms with Gasteiger partial charge < -0.3 is 10.3 Å². The van der Waals surface area contributed by atoms with Gasteiger partial charge in [-0.15, -0.1) is 0 Å². The van der Waals surface area contributed by atoms with E-state index in [1.54, 1.807) is 43.0 Å². The first-order valence-corrected chi connectivity index (χ1v) is 12.1. The van der Waals surface area contributed by atoms with Gasteiger partial charge in [0.05, 0.1) is 29.0 Å². The molecule has 10 heteroatoms. The Morgan fingerprint density at radius 1 is 1.03 bits per heavy atom. The molecule has 5 heterocycles. The van der Waals surface area contributed by atoms with Crippen LogP contribution in [0.3, 0.4) is 0 Å². The average molecular weight is 507 g/mol. The quantitative estimate of drug-likeness (QED) is 0.282. The number of imidazole rings is 1. The fourth-order valence-electron chi connectivity index (χ4n) is 4.25. The maximum Gasteiger partial charge on any atom is 0.226 e. The number of anilines is 1. The van der Waals surface area contributed by atoms with Crippen LogP contribution in [-0.2, 0) is 11.2 Å². The molecule has 0 spiro atoms. The van der Waals surface area contributed by atoms with Crippen LogP contribution in [0.15, 0.2) is 67.3 Å². The molecule has 0 aliphatic carbocycles. The molecule has 0 radical (unpaired) electrons. The minimum Gasteiger partial charge on any atom is -0.335 e. The number of hydrogen-bond acceptors (Lipinski definition) is 6. The lowest BCUT2D eigenvalue weighted by Crippen LogP contribution is -2.17. The Kier molecular flexibility index (Phi) is 5.83. The van der Waals surface area contributed by atoms with Gasteiger partial charge >= 0.3 is 0 Å². The highest BCUT2D eigenvalue weighted by Gasteiger charge is 2.17. The van der Waals surface area contributed by atoms with Crippen molar-refractivity contribution in [3.05, 3.63) is 84.3 Å². The van der Waals surface area contributed by atoms with E-state index in [2.05, 4.69) is 35.5 Å². The summed E-state index contributed by atoms with van der Waals surface area (Å²) >= 11 is 0. The van der Waals surface area contributed by atoms with Gasteiger partial charge in [0.15, 0.2) is 11.5 Å². The van der Waals surface area contributed by atoms with E-state index in [1.165, 1.54) is 6.07 Å². The second-order valence-electron chi connectivity index (χ2n) is 9.32. The van der Waals surface area contributed by atoms with Gasteiger partial charge in [-0.25, -0.2) is 14.4 Å². The number of benzene rings is 1. The number of carbonyl (C=O) groups is 1. The van der Waals surface area contributed by atoms with E-state index >= 15 is 0 Å². The summed E-state index contributed by atoms with van der Waals surface area (Å²) in [5.74, 6) is 0.0568. The second kappa shape index (κ2) is 9.47. The summed E-state index contributed by atoms with van der Waals surface area (Å²) in [6, 6.07) is 12.3. The lowest BCUT2D eigenvalue weighted by Gasteiger charge is -2.08. The van der Waals surface area contributed by atoms with E-state index in [0.29, 0.717) is 51.4 Å². The Balaban J connectivity index is 1.32. The second-order valence-corrected chi connectivity index (χ2v) is 9.32. The number of pyridine rings is 3. The van der Waals surface area contributed by atoms with Gasteiger partial charge in [-0.2, -0.15) is 5.10 Å². The van der Waals surface area contributed by atoms with Crippen LogP contribution in [0.5, 0.6) is 0 Å². The molecule has 0 unspecified atom stereocenters. The topological polar surface area (TPSA) is 125 Å². The van der Waals surface area contributed by atoms with Gasteiger partial charge in [-0.3, -0.25) is 19.9 Å². The molecule has 0 aliphatic heterocycles. The van der Waals surface area contributed by atoms with Crippen LogP contribution in [0, 0.1) is 11.7 Å². The SMILES string of the molecule is CC(C)C(=O)Nc1ccc(Cc2cnc3n[nH]c(-c4nc5c(-c6ccccc6F)cncc5[nH]4)c3c2)nc1. The molecule has 0 atom stereocenters. The first-order valence-electron chi connectivity index (χ1n) is 12.1. The summed E-state index contributed by atoms with van der Waals surface area (Å²) in [7, 11) is 0. The maximum absolute atomic E-state index is 14.5. The molecular formula is C28H23FN8O. The third-order valence-electron chi connectivity index (χ3n) is 6.26. The maximum atomic E-state index is 14.5. The molecule has 5 aromatic heterocycles. The number of rotatable bonds is 6. The zero-order valence-electron chi connectivity index (χ0n) is 20.7. The van der Waals surface area contributed by atoms with Crippen molar-refractivity contribution in [3.8, 4) is 22.6 Å². The molecule has 38 heavy (non-hydrogen) atoms. The van der Waals surface area contributed by atoms with Gasteiger partial charge in [-0.1, -0.05) is 32.0 Å². The van der Waals surface area contributed by atoms with E-state index in [0.717, 1.165) is 16.6 Å². The molecule has 188 valence electrons. The van der Waals surface area contributed by atoms with Crippen molar-refractivity contribution in [2.24, 2.45) is 5.92 Å². The smallest absolute Gasteiger partial charge is 0.226 e. The zero-order chi connectivity index (χ0) is 26.2. The van der Waals surface area contributed by atoms with Crippen molar-refractivity contribution in [2.75, 3.05) is 5.32 Å². The van der Waals surface area contributed by atoms with E-state index in [-0.39, 0.29) is 17.6 Å². The van der Waals surface area contributed by atoms with Crippen molar-refractivity contribution in [1.82, 2.24) is 35.1 Å². The molecule has 1 aromatic carbocycles. The number of nitrogens with one attached hydrogen (secondary N) is 3. The van der Waals surface area contributed by atoms with Crippen molar-refractivity contribution in [1.29, 1.82) is 0 Å². The van der Waals surface area contributed by atoms with Crippen molar-refractivity contribution < 1.29 is 9.18 Å². The molecule has 6 aromatic rings. The van der Waals surface area contributed by atoms with Crippen molar-refractivity contribution in [2.45, 2.75) is 20.3 Å². The zero-order valence-corrected chi connectivity index (χ0v) is 20.7. The summed E-state index contributed by atoms with van der Waals surface area (Å²) in [5.41, 5.74) is 5.99. The summed E-state index contributed by atoms with van der Waals surface area (Å²) in [6.45, 7) is 3.68. The highest BCUT2D eigenvalue weighted by atomic mass is 19.1. The Labute approximate surface area is 216 Å². The number of H-pyrrole nitrogens is 2. The minimum absolute atomic E-state index is 0.0518. The molecular weight excluding hydrogens is 483 g/mol. The standard InChI is InChI=1S/C28H23FN8O/c1-15(2)28(38)33-18-8-7-17(31-12-18)9-16-10-20-25(36-37-26(20)32-11-16)27-34-23-14-30-13-21(24(23)35-27)19-5-3-4-6-22(19)29/h3-8,10-15H,9H2,1-2H3,(H,33,38)(H,34,35)(H,32,36,37). The summed E-state index contributed by atoms with van der Waals surface area (Å²) in [4.78, 5) is 33.2. The number of aromatic nitrogens is 7. The van der Waals surface area contributed by atoms with Crippen LogP contribution in [0.25, 0.3) is 44.7 Å². The Morgan fingerprint density at radius 3 is 2.68 bits per heavy atom. The average Bonchev–Trinajstić information content (AvgIpc) is 3.54.